The second-order valence-electron chi connectivity index (χ2n) is 6.61. The minimum absolute atomic E-state index is 0.0735. The fraction of sp³-hybridized carbons (Fsp3) is 0.381. The molecular formula is C21H27ClN2O5S. The molecule has 7 nitrogen and oxygen atoms in total. The van der Waals surface area contributed by atoms with Crippen LogP contribution in [0, 0.1) is 6.92 Å². The normalized spacial score (nSPS) is 12.5. The number of hydrogen-bond acceptors (Lipinski definition) is 5. The lowest BCUT2D eigenvalue weighted by molar-refractivity contribution is -0.122. The van der Waals surface area contributed by atoms with Crippen molar-refractivity contribution in [2.24, 2.45) is 0 Å². The van der Waals surface area contributed by atoms with Gasteiger partial charge < -0.3 is 14.8 Å². The molecule has 2 aromatic carbocycles. The summed E-state index contributed by atoms with van der Waals surface area (Å²) in [6.07, 6.45) is -0.836. The number of nitrogens with zero attached hydrogens (tertiary/aromatic N) is 1. The Labute approximate surface area is 183 Å². The minimum atomic E-state index is -3.68. The number of carbonyl (C=O) groups is 1. The summed E-state index contributed by atoms with van der Waals surface area (Å²) < 4.78 is 38.0. The van der Waals surface area contributed by atoms with E-state index in [4.69, 9.17) is 21.1 Å². The molecule has 164 valence electrons. The van der Waals surface area contributed by atoms with Gasteiger partial charge in [-0.25, -0.2) is 8.42 Å². The van der Waals surface area contributed by atoms with E-state index in [0.29, 0.717) is 29.6 Å². The van der Waals surface area contributed by atoms with E-state index in [0.717, 1.165) is 5.56 Å². The Morgan fingerprint density at radius 1 is 1.13 bits per heavy atom. The molecule has 0 aliphatic heterocycles. The Hall–Kier alpha value is -2.29. The van der Waals surface area contributed by atoms with Crippen LogP contribution >= 0.6 is 11.6 Å². The van der Waals surface area contributed by atoms with E-state index < -0.39 is 22.0 Å². The zero-order chi connectivity index (χ0) is 22.5. The van der Waals surface area contributed by atoms with Gasteiger partial charge in [0.15, 0.2) is 6.10 Å². The fourth-order valence-corrected chi connectivity index (χ4v) is 4.59. The number of sulfonamides is 1. The van der Waals surface area contributed by atoms with E-state index in [9.17, 15) is 13.2 Å². The first-order chi connectivity index (χ1) is 14.1. The molecule has 0 radical (unpaired) electrons. The number of halogens is 1. The SMILES string of the molecule is CCN(CC)S(=O)(=O)c1ccc(OC)c(NC(=O)[C@H](C)Oc2ccc(Cl)cc2C)c1. The molecule has 9 heteroatoms. The van der Waals surface area contributed by atoms with Crippen molar-refractivity contribution in [3.8, 4) is 11.5 Å². The maximum Gasteiger partial charge on any atom is 0.265 e. The van der Waals surface area contributed by atoms with Crippen molar-refractivity contribution >= 4 is 33.2 Å². The number of hydrogen-bond donors (Lipinski definition) is 1. The molecular weight excluding hydrogens is 428 g/mol. The highest BCUT2D eigenvalue weighted by Gasteiger charge is 2.24. The third-order valence-electron chi connectivity index (χ3n) is 4.58. The quantitative estimate of drug-likeness (QED) is 0.616. The predicted molar refractivity (Wildman–Crippen MR) is 118 cm³/mol. The molecule has 0 saturated carbocycles. The van der Waals surface area contributed by atoms with Crippen LogP contribution in [0.25, 0.3) is 0 Å². The van der Waals surface area contributed by atoms with Crippen molar-refractivity contribution < 1.29 is 22.7 Å². The lowest BCUT2D eigenvalue weighted by Gasteiger charge is -2.20. The molecule has 1 N–H and O–H groups in total. The molecule has 0 heterocycles. The van der Waals surface area contributed by atoms with Crippen molar-refractivity contribution in [3.05, 3.63) is 47.0 Å². The van der Waals surface area contributed by atoms with E-state index >= 15 is 0 Å². The molecule has 2 aromatic rings. The standard InChI is InChI=1S/C21H27ClN2O5S/c1-6-24(7-2)30(26,27)17-9-11-20(28-5)18(13-17)23-21(25)15(4)29-19-10-8-16(22)12-14(19)3/h8-13,15H,6-7H2,1-5H3,(H,23,25)/t15-/m0/s1. The Bertz CT molecular complexity index is 1010. The van der Waals surface area contributed by atoms with Crippen LogP contribution in [0.3, 0.4) is 0 Å². The summed E-state index contributed by atoms with van der Waals surface area (Å²) in [4.78, 5) is 12.8. The van der Waals surface area contributed by atoms with Gasteiger partial charge in [0, 0.05) is 18.1 Å². The third kappa shape index (κ3) is 5.44. The fourth-order valence-electron chi connectivity index (χ4n) is 2.88. The number of aryl methyl sites for hydroxylation is 1. The van der Waals surface area contributed by atoms with Crippen molar-refractivity contribution in [2.75, 3.05) is 25.5 Å². The molecule has 0 unspecified atom stereocenters. The highest BCUT2D eigenvalue weighted by atomic mass is 35.5. The first-order valence-corrected chi connectivity index (χ1v) is 11.4. The van der Waals surface area contributed by atoms with Crippen LogP contribution in [-0.4, -0.2) is 44.9 Å². The number of nitrogens with one attached hydrogen (secondary N) is 1. The maximum atomic E-state index is 12.8. The summed E-state index contributed by atoms with van der Waals surface area (Å²) in [5, 5.41) is 3.28. The van der Waals surface area contributed by atoms with Gasteiger partial charge in [-0.05, 0) is 55.8 Å². The van der Waals surface area contributed by atoms with E-state index in [1.54, 1.807) is 39.0 Å². The van der Waals surface area contributed by atoms with Crippen LogP contribution in [0.2, 0.25) is 5.02 Å². The maximum absolute atomic E-state index is 12.8. The van der Waals surface area contributed by atoms with Crippen LogP contribution in [0.4, 0.5) is 5.69 Å². The summed E-state index contributed by atoms with van der Waals surface area (Å²) in [6, 6.07) is 9.48. The summed E-state index contributed by atoms with van der Waals surface area (Å²) in [5.41, 5.74) is 1.05. The molecule has 0 saturated heterocycles. The smallest absolute Gasteiger partial charge is 0.265 e. The molecule has 0 bridgehead atoms. The summed E-state index contributed by atoms with van der Waals surface area (Å²) in [6.45, 7) is 7.66. The number of rotatable bonds is 9. The average Bonchev–Trinajstić information content (AvgIpc) is 2.70. The van der Waals surface area contributed by atoms with Crippen LogP contribution in [0.15, 0.2) is 41.3 Å². The second kappa shape index (κ2) is 10.1. The molecule has 0 aliphatic rings. The zero-order valence-electron chi connectivity index (χ0n) is 17.7. The van der Waals surface area contributed by atoms with E-state index in [2.05, 4.69) is 5.32 Å². The van der Waals surface area contributed by atoms with Gasteiger partial charge in [-0.1, -0.05) is 25.4 Å². The van der Waals surface area contributed by atoms with Gasteiger partial charge in [0.05, 0.1) is 17.7 Å². The Balaban J connectivity index is 2.26. The molecule has 1 atom stereocenters. The zero-order valence-corrected chi connectivity index (χ0v) is 19.3. The number of methoxy groups -OCH3 is 1. The number of ether oxygens (including phenoxy) is 2. The van der Waals surface area contributed by atoms with Crippen molar-refractivity contribution in [1.29, 1.82) is 0 Å². The van der Waals surface area contributed by atoms with Gasteiger partial charge in [0.25, 0.3) is 5.91 Å². The van der Waals surface area contributed by atoms with E-state index in [1.807, 2.05) is 6.92 Å². The van der Waals surface area contributed by atoms with Gasteiger partial charge in [-0.2, -0.15) is 4.31 Å². The molecule has 2 rings (SSSR count). The molecule has 0 aliphatic carbocycles. The predicted octanol–water partition coefficient (Wildman–Crippen LogP) is 4.09. The number of amides is 1. The minimum Gasteiger partial charge on any atom is -0.495 e. The molecule has 30 heavy (non-hydrogen) atoms. The summed E-state index contributed by atoms with van der Waals surface area (Å²) in [7, 11) is -2.24. The average molecular weight is 455 g/mol. The highest BCUT2D eigenvalue weighted by Crippen LogP contribution is 2.29. The number of anilines is 1. The Kier molecular flexibility index (Phi) is 8.11. The largest absolute Gasteiger partial charge is 0.495 e. The third-order valence-corrected chi connectivity index (χ3v) is 6.86. The monoisotopic (exact) mass is 454 g/mol. The highest BCUT2D eigenvalue weighted by molar-refractivity contribution is 7.89. The van der Waals surface area contributed by atoms with Crippen LogP contribution in [-0.2, 0) is 14.8 Å². The van der Waals surface area contributed by atoms with Gasteiger partial charge in [0.2, 0.25) is 10.0 Å². The van der Waals surface area contributed by atoms with Gasteiger partial charge in [0.1, 0.15) is 11.5 Å². The van der Waals surface area contributed by atoms with Gasteiger partial charge in [-0.15, -0.1) is 0 Å². The molecule has 1 amide bonds. The molecule has 0 spiro atoms. The van der Waals surface area contributed by atoms with Crippen LogP contribution < -0.4 is 14.8 Å². The lowest BCUT2D eigenvalue weighted by atomic mass is 10.2. The number of carbonyl (C=O) groups excluding carboxylic acids is 1. The van der Waals surface area contributed by atoms with Crippen molar-refractivity contribution in [1.82, 2.24) is 4.31 Å². The van der Waals surface area contributed by atoms with Gasteiger partial charge >= 0.3 is 0 Å². The van der Waals surface area contributed by atoms with Crippen LogP contribution in [0.5, 0.6) is 11.5 Å². The number of benzene rings is 2. The first-order valence-electron chi connectivity index (χ1n) is 9.55. The van der Waals surface area contributed by atoms with E-state index in [1.165, 1.54) is 29.6 Å². The van der Waals surface area contributed by atoms with Crippen molar-refractivity contribution in [3.63, 3.8) is 0 Å². The Morgan fingerprint density at radius 2 is 1.77 bits per heavy atom. The lowest BCUT2D eigenvalue weighted by Crippen LogP contribution is -2.31. The second-order valence-corrected chi connectivity index (χ2v) is 8.98. The Morgan fingerprint density at radius 3 is 2.33 bits per heavy atom. The molecule has 0 aromatic heterocycles. The first kappa shape index (κ1) is 24.0. The molecule has 0 fully saturated rings. The van der Waals surface area contributed by atoms with E-state index in [-0.39, 0.29) is 10.6 Å². The topological polar surface area (TPSA) is 84.9 Å². The van der Waals surface area contributed by atoms with Crippen LogP contribution in [0.1, 0.15) is 26.3 Å². The summed E-state index contributed by atoms with van der Waals surface area (Å²) >= 11 is 5.95. The summed E-state index contributed by atoms with van der Waals surface area (Å²) in [5.74, 6) is 0.434. The van der Waals surface area contributed by atoms with Gasteiger partial charge in [-0.3, -0.25) is 4.79 Å². The van der Waals surface area contributed by atoms with Crippen molar-refractivity contribution in [2.45, 2.75) is 38.7 Å².